The minimum absolute atomic E-state index is 0. The number of benzene rings is 1. The third kappa shape index (κ3) is 4.31. The van der Waals surface area contributed by atoms with Crippen molar-refractivity contribution < 1.29 is 12.9 Å². The molecule has 0 aliphatic heterocycles. The highest BCUT2D eigenvalue weighted by molar-refractivity contribution is 7.92. The van der Waals surface area contributed by atoms with E-state index >= 15 is 0 Å². The molecule has 1 aromatic carbocycles. The van der Waals surface area contributed by atoms with Crippen molar-refractivity contribution in [2.24, 2.45) is 0 Å². The molecule has 0 amide bonds. The van der Waals surface area contributed by atoms with Crippen LogP contribution in [0.2, 0.25) is 0 Å². The van der Waals surface area contributed by atoms with E-state index in [0.717, 1.165) is 0 Å². The lowest BCUT2D eigenvalue weighted by Crippen LogP contribution is -2.24. The zero-order chi connectivity index (χ0) is 16.3. The Morgan fingerprint density at radius 3 is 2.48 bits per heavy atom. The number of hydrogen-bond donors (Lipinski definition) is 1. The lowest BCUT2D eigenvalue weighted by Gasteiger charge is -2.10. The predicted octanol–water partition coefficient (Wildman–Crippen LogP) is 2.49. The van der Waals surface area contributed by atoms with Crippen LogP contribution in [0.5, 0.6) is 0 Å². The first kappa shape index (κ1) is 19.6. The van der Waals surface area contributed by atoms with Gasteiger partial charge >= 0.3 is 0 Å². The molecular weight excluding hydrogens is 338 g/mol. The van der Waals surface area contributed by atoms with Crippen LogP contribution in [0.15, 0.2) is 33.7 Å². The molecule has 0 aliphatic carbocycles. The Labute approximate surface area is 143 Å². The summed E-state index contributed by atoms with van der Waals surface area (Å²) in [6, 6.07) is 6.92. The molecule has 2 rings (SSSR count). The van der Waals surface area contributed by atoms with Gasteiger partial charge in [-0.1, -0.05) is 17.3 Å². The summed E-state index contributed by atoms with van der Waals surface area (Å²) in [5.41, 5.74) is 0.451. The van der Waals surface area contributed by atoms with Gasteiger partial charge in [-0.3, -0.25) is 0 Å². The van der Waals surface area contributed by atoms with E-state index in [4.69, 9.17) is 4.52 Å². The van der Waals surface area contributed by atoms with Crippen molar-refractivity contribution in [1.29, 1.82) is 0 Å². The Balaban J connectivity index is 0.00000264. The Morgan fingerprint density at radius 1 is 1.22 bits per heavy atom. The summed E-state index contributed by atoms with van der Waals surface area (Å²) < 4.78 is 30.2. The molecule has 0 radical (unpaired) electrons. The van der Waals surface area contributed by atoms with Gasteiger partial charge in [0.15, 0.2) is 15.7 Å². The molecule has 0 fully saturated rings. The van der Waals surface area contributed by atoms with Gasteiger partial charge in [0.1, 0.15) is 0 Å². The molecule has 0 aliphatic rings. The van der Waals surface area contributed by atoms with Crippen LogP contribution < -0.4 is 5.32 Å². The molecule has 1 N–H and O–H groups in total. The maximum atomic E-state index is 12.5. The first-order chi connectivity index (χ1) is 10.4. The minimum atomic E-state index is -3.41. The summed E-state index contributed by atoms with van der Waals surface area (Å²) in [6.07, 6.45) is 0.610. The number of aromatic nitrogens is 2. The van der Waals surface area contributed by atoms with E-state index in [1.807, 2.05) is 14.0 Å². The molecule has 1 aromatic heterocycles. The largest absolute Gasteiger partial charge is 0.334 e. The van der Waals surface area contributed by atoms with Crippen LogP contribution in [0.1, 0.15) is 26.6 Å². The maximum Gasteiger partial charge on any atom is 0.259 e. The Bertz CT molecular complexity index is 744. The summed E-state index contributed by atoms with van der Waals surface area (Å²) in [7, 11) is -1.56. The van der Waals surface area contributed by atoms with Crippen LogP contribution in [0.4, 0.5) is 0 Å². The summed E-state index contributed by atoms with van der Waals surface area (Å²) in [4.78, 5) is 4.54. The van der Waals surface area contributed by atoms with Crippen molar-refractivity contribution in [3.8, 4) is 11.5 Å². The molecule has 2 aromatic rings. The monoisotopic (exact) mass is 359 g/mol. The number of hydrogen-bond acceptors (Lipinski definition) is 6. The normalized spacial score (nSPS) is 12.9. The number of nitrogens with one attached hydrogen (secondary N) is 1. The summed E-state index contributed by atoms with van der Waals surface area (Å²) in [5, 5.41) is 6.51. The molecule has 128 valence electrons. The number of rotatable bonds is 6. The fraction of sp³-hybridized carbons (Fsp3) is 0.467. The highest BCUT2D eigenvalue weighted by Crippen LogP contribution is 2.28. The smallest absolute Gasteiger partial charge is 0.259 e. The van der Waals surface area contributed by atoms with Crippen LogP contribution in [0.25, 0.3) is 11.5 Å². The fourth-order valence-electron chi connectivity index (χ4n) is 1.97. The van der Waals surface area contributed by atoms with Gasteiger partial charge < -0.3 is 9.84 Å². The van der Waals surface area contributed by atoms with E-state index in [9.17, 15) is 8.42 Å². The second kappa shape index (κ2) is 7.90. The van der Waals surface area contributed by atoms with Crippen molar-refractivity contribution in [2.45, 2.75) is 43.4 Å². The van der Waals surface area contributed by atoms with Gasteiger partial charge in [-0.05, 0) is 40.0 Å². The van der Waals surface area contributed by atoms with E-state index in [1.54, 1.807) is 38.1 Å². The molecule has 1 unspecified atom stereocenters. The summed E-state index contributed by atoms with van der Waals surface area (Å²) >= 11 is 0. The molecule has 0 saturated heterocycles. The van der Waals surface area contributed by atoms with Crippen molar-refractivity contribution in [1.82, 2.24) is 15.5 Å². The minimum Gasteiger partial charge on any atom is -0.334 e. The molecule has 0 spiro atoms. The quantitative estimate of drug-likeness (QED) is 0.852. The molecule has 23 heavy (non-hydrogen) atoms. The fourth-order valence-corrected chi connectivity index (χ4v) is 3.21. The van der Waals surface area contributed by atoms with Gasteiger partial charge in [0, 0.05) is 12.5 Å². The van der Waals surface area contributed by atoms with Gasteiger partial charge in [0.25, 0.3) is 5.89 Å². The van der Waals surface area contributed by atoms with Crippen molar-refractivity contribution in [2.75, 3.05) is 7.05 Å². The van der Waals surface area contributed by atoms with E-state index in [1.165, 1.54) is 0 Å². The van der Waals surface area contributed by atoms with Crippen LogP contribution >= 0.6 is 12.4 Å². The first-order valence-electron chi connectivity index (χ1n) is 7.19. The molecular formula is C15H22ClN3O3S. The third-order valence-electron chi connectivity index (χ3n) is 3.49. The second-order valence-electron chi connectivity index (χ2n) is 5.50. The van der Waals surface area contributed by atoms with Crippen molar-refractivity contribution in [3.63, 3.8) is 0 Å². The summed E-state index contributed by atoms with van der Waals surface area (Å²) in [6.45, 7) is 5.31. The number of nitrogens with zero attached hydrogens (tertiary/aromatic N) is 2. The number of likely N-dealkylation sites (N-methyl/N-ethyl adjacent to an activating group) is 1. The number of halogens is 1. The highest BCUT2D eigenvalue weighted by Gasteiger charge is 2.25. The first-order valence-corrected chi connectivity index (χ1v) is 8.74. The number of sulfone groups is 1. The lowest BCUT2D eigenvalue weighted by atomic mass is 10.2. The third-order valence-corrected chi connectivity index (χ3v) is 5.70. The Morgan fingerprint density at radius 2 is 1.87 bits per heavy atom. The maximum absolute atomic E-state index is 12.5. The average molecular weight is 360 g/mol. The average Bonchev–Trinajstić information content (AvgIpc) is 2.95. The van der Waals surface area contributed by atoms with Crippen LogP contribution in [-0.4, -0.2) is 36.9 Å². The molecule has 6 nitrogen and oxygen atoms in total. The standard InChI is InChI=1S/C15H21N3O3S.ClH/c1-10(2)22(19,20)13-8-6-5-7-12(13)15-17-14(18-21-15)9-11(3)16-4;/h5-8,10-11,16H,9H2,1-4H3;1H. The zero-order valence-corrected chi connectivity index (χ0v) is 15.2. The van der Waals surface area contributed by atoms with Crippen molar-refractivity contribution in [3.05, 3.63) is 30.1 Å². The zero-order valence-electron chi connectivity index (χ0n) is 13.6. The SMILES string of the molecule is CNC(C)Cc1noc(-c2ccccc2S(=O)(=O)C(C)C)n1.Cl. The highest BCUT2D eigenvalue weighted by atomic mass is 35.5. The van der Waals surface area contributed by atoms with E-state index in [-0.39, 0.29) is 29.2 Å². The van der Waals surface area contributed by atoms with Crippen LogP contribution in [0.3, 0.4) is 0 Å². The summed E-state index contributed by atoms with van der Waals surface area (Å²) in [5.74, 6) is 0.784. The lowest BCUT2D eigenvalue weighted by molar-refractivity contribution is 0.417. The van der Waals surface area contributed by atoms with Crippen molar-refractivity contribution >= 4 is 22.2 Å². The molecule has 0 bridgehead atoms. The predicted molar refractivity (Wildman–Crippen MR) is 91.5 cm³/mol. The van der Waals surface area contributed by atoms with Crippen LogP contribution in [0, 0.1) is 0 Å². The van der Waals surface area contributed by atoms with E-state index in [0.29, 0.717) is 17.8 Å². The van der Waals surface area contributed by atoms with Gasteiger partial charge in [-0.25, -0.2) is 8.42 Å². The Kier molecular flexibility index (Phi) is 6.73. The van der Waals surface area contributed by atoms with Gasteiger partial charge in [-0.2, -0.15) is 4.98 Å². The molecule has 8 heteroatoms. The van der Waals surface area contributed by atoms with Gasteiger partial charge in [0.2, 0.25) is 0 Å². The van der Waals surface area contributed by atoms with Gasteiger partial charge in [-0.15, -0.1) is 12.4 Å². The van der Waals surface area contributed by atoms with Crippen LogP contribution in [-0.2, 0) is 16.3 Å². The Hall–Kier alpha value is -1.44. The van der Waals surface area contributed by atoms with E-state index < -0.39 is 15.1 Å². The molecule has 0 saturated carbocycles. The second-order valence-corrected chi connectivity index (χ2v) is 7.97. The molecule has 1 atom stereocenters. The topological polar surface area (TPSA) is 85.1 Å². The molecule has 1 heterocycles. The van der Waals surface area contributed by atoms with E-state index in [2.05, 4.69) is 15.5 Å². The van der Waals surface area contributed by atoms with Gasteiger partial charge in [0.05, 0.1) is 15.7 Å².